The molecule has 0 aliphatic carbocycles. The summed E-state index contributed by atoms with van der Waals surface area (Å²) in [7, 11) is 0. The molecule has 0 fully saturated rings. The number of carbonyl (C=O) groups is 2. The van der Waals surface area contributed by atoms with Gasteiger partial charge in [-0.1, -0.05) is 41.4 Å². The Morgan fingerprint density at radius 2 is 1.67 bits per heavy atom. The molecule has 1 rings (SSSR count). The predicted molar refractivity (Wildman–Crippen MR) is 84.3 cm³/mol. The Morgan fingerprint density at radius 3 is 2.10 bits per heavy atom. The zero-order chi connectivity index (χ0) is 15.8. The van der Waals surface area contributed by atoms with E-state index in [2.05, 4.69) is 15.9 Å². The van der Waals surface area contributed by atoms with Gasteiger partial charge in [0, 0.05) is 23.9 Å². The lowest BCUT2D eigenvalue weighted by atomic mass is 10.1. The zero-order valence-electron chi connectivity index (χ0n) is 12.4. The van der Waals surface area contributed by atoms with E-state index in [1.165, 1.54) is 13.8 Å². The Hall–Kier alpha value is -1.62. The van der Waals surface area contributed by atoms with Gasteiger partial charge in [-0.05, 0) is 30.2 Å². The third kappa shape index (κ3) is 6.58. The Bertz CT molecular complexity index is 504. The van der Waals surface area contributed by atoms with Crippen LogP contribution in [0.1, 0.15) is 39.2 Å². The molecule has 0 radical (unpaired) electrons. The van der Waals surface area contributed by atoms with E-state index in [4.69, 9.17) is 9.47 Å². The predicted octanol–water partition coefficient (Wildman–Crippen LogP) is 4.08. The molecule has 0 aliphatic heterocycles. The van der Waals surface area contributed by atoms with Crippen LogP contribution in [-0.4, -0.2) is 18.2 Å². The van der Waals surface area contributed by atoms with Gasteiger partial charge >= 0.3 is 11.9 Å². The van der Waals surface area contributed by atoms with Gasteiger partial charge < -0.3 is 9.47 Å². The molecule has 0 unspecified atom stereocenters. The fourth-order valence-corrected chi connectivity index (χ4v) is 2.06. The van der Waals surface area contributed by atoms with Crippen LogP contribution < -0.4 is 0 Å². The van der Waals surface area contributed by atoms with Crippen LogP contribution in [0, 0.1) is 0 Å². The molecule has 0 amide bonds. The molecule has 0 heterocycles. The van der Waals surface area contributed by atoms with Gasteiger partial charge in [0.2, 0.25) is 0 Å². The van der Waals surface area contributed by atoms with Crippen molar-refractivity contribution in [3.8, 4) is 0 Å². The molecular weight excluding hydrogens is 336 g/mol. The Balaban J connectivity index is 3.06. The van der Waals surface area contributed by atoms with Gasteiger partial charge in [-0.3, -0.25) is 9.59 Å². The first kappa shape index (κ1) is 17.4. The lowest BCUT2D eigenvalue weighted by molar-refractivity contribution is -0.178. The number of rotatable bonds is 6. The van der Waals surface area contributed by atoms with Gasteiger partial charge in [-0.2, -0.15) is 0 Å². The van der Waals surface area contributed by atoms with E-state index in [1.807, 2.05) is 37.3 Å². The summed E-state index contributed by atoms with van der Waals surface area (Å²) >= 11 is 3.38. The molecule has 0 spiro atoms. The SMILES string of the molecule is CCCC(=Cc1ccc(Br)cc1)C(OC(C)=O)OC(C)=O. The largest absolute Gasteiger partial charge is 0.421 e. The lowest BCUT2D eigenvalue weighted by Gasteiger charge is -2.19. The molecule has 0 aliphatic rings. The van der Waals surface area contributed by atoms with Crippen LogP contribution >= 0.6 is 15.9 Å². The van der Waals surface area contributed by atoms with E-state index < -0.39 is 18.2 Å². The van der Waals surface area contributed by atoms with Crippen molar-refractivity contribution in [2.24, 2.45) is 0 Å². The number of ether oxygens (including phenoxy) is 2. The molecule has 0 saturated carbocycles. The molecule has 5 heteroatoms. The minimum absolute atomic E-state index is 0.487. The average Bonchev–Trinajstić information content (AvgIpc) is 2.39. The topological polar surface area (TPSA) is 52.6 Å². The highest BCUT2D eigenvalue weighted by Gasteiger charge is 2.20. The van der Waals surface area contributed by atoms with Crippen molar-refractivity contribution in [2.75, 3.05) is 0 Å². The first-order valence-corrected chi connectivity index (χ1v) is 7.52. The van der Waals surface area contributed by atoms with Gasteiger partial charge in [0.15, 0.2) is 0 Å². The van der Waals surface area contributed by atoms with Crippen molar-refractivity contribution in [1.82, 2.24) is 0 Å². The number of hydrogen-bond acceptors (Lipinski definition) is 4. The molecular formula is C16H19BrO4. The summed E-state index contributed by atoms with van der Waals surface area (Å²) in [5.74, 6) is -0.974. The van der Waals surface area contributed by atoms with Gasteiger partial charge in [0.05, 0.1) is 0 Å². The third-order valence-electron chi connectivity index (χ3n) is 2.61. The summed E-state index contributed by atoms with van der Waals surface area (Å²) in [4.78, 5) is 22.4. The number of hydrogen-bond donors (Lipinski definition) is 0. The summed E-state index contributed by atoms with van der Waals surface area (Å²) < 4.78 is 11.2. The molecule has 4 nitrogen and oxygen atoms in total. The van der Waals surface area contributed by atoms with Crippen LogP contribution in [0.5, 0.6) is 0 Å². The van der Waals surface area contributed by atoms with Crippen LogP contribution in [0.25, 0.3) is 6.08 Å². The average molecular weight is 355 g/mol. The highest BCUT2D eigenvalue weighted by Crippen LogP contribution is 2.20. The van der Waals surface area contributed by atoms with E-state index in [0.29, 0.717) is 6.42 Å². The van der Waals surface area contributed by atoms with Crippen LogP contribution in [0.15, 0.2) is 34.3 Å². The van der Waals surface area contributed by atoms with E-state index in [0.717, 1.165) is 22.0 Å². The molecule has 0 saturated heterocycles. The van der Waals surface area contributed by atoms with Gasteiger partial charge in [-0.25, -0.2) is 0 Å². The maximum absolute atomic E-state index is 11.2. The van der Waals surface area contributed by atoms with Crippen molar-refractivity contribution >= 4 is 33.9 Å². The first-order valence-electron chi connectivity index (χ1n) is 6.72. The molecule has 21 heavy (non-hydrogen) atoms. The Labute approximate surface area is 133 Å². The van der Waals surface area contributed by atoms with Crippen molar-refractivity contribution in [3.63, 3.8) is 0 Å². The van der Waals surface area contributed by atoms with Crippen molar-refractivity contribution in [3.05, 3.63) is 39.9 Å². The maximum Gasteiger partial charge on any atom is 0.305 e. The van der Waals surface area contributed by atoms with Crippen LogP contribution in [-0.2, 0) is 19.1 Å². The summed E-state index contributed by atoms with van der Waals surface area (Å²) in [6, 6.07) is 7.70. The van der Waals surface area contributed by atoms with Crippen LogP contribution in [0.4, 0.5) is 0 Å². The smallest absolute Gasteiger partial charge is 0.305 e. The fourth-order valence-electron chi connectivity index (χ4n) is 1.80. The Kier molecular flexibility index (Phi) is 7.15. The number of benzene rings is 1. The highest BCUT2D eigenvalue weighted by atomic mass is 79.9. The minimum atomic E-state index is -0.969. The molecule has 0 atom stereocenters. The molecule has 1 aromatic rings. The second kappa shape index (κ2) is 8.62. The standard InChI is InChI=1S/C16H19BrO4/c1-4-5-14(10-13-6-8-15(17)9-7-13)16(20-11(2)18)21-12(3)19/h6-10,16H,4-5H2,1-3H3. The summed E-state index contributed by atoms with van der Waals surface area (Å²) in [5.41, 5.74) is 1.70. The van der Waals surface area contributed by atoms with E-state index in [-0.39, 0.29) is 0 Å². The van der Waals surface area contributed by atoms with E-state index >= 15 is 0 Å². The van der Waals surface area contributed by atoms with Crippen molar-refractivity contribution in [1.29, 1.82) is 0 Å². The quantitative estimate of drug-likeness (QED) is 0.570. The molecule has 1 aromatic carbocycles. The van der Waals surface area contributed by atoms with Gasteiger partial charge in [0.1, 0.15) is 0 Å². The molecule has 0 N–H and O–H groups in total. The van der Waals surface area contributed by atoms with Crippen LogP contribution in [0.3, 0.4) is 0 Å². The maximum atomic E-state index is 11.2. The molecule has 114 valence electrons. The molecule has 0 bridgehead atoms. The summed E-state index contributed by atoms with van der Waals surface area (Å²) in [6.45, 7) is 4.59. The first-order chi connectivity index (χ1) is 9.92. The normalized spacial score (nSPS) is 11.4. The number of carbonyl (C=O) groups excluding carboxylic acids is 2. The van der Waals surface area contributed by atoms with E-state index in [9.17, 15) is 9.59 Å². The van der Waals surface area contributed by atoms with Crippen LogP contribution in [0.2, 0.25) is 0 Å². The van der Waals surface area contributed by atoms with Gasteiger partial charge in [-0.15, -0.1) is 0 Å². The summed E-state index contributed by atoms with van der Waals surface area (Å²) in [6.07, 6.45) is 2.43. The number of halogens is 1. The highest BCUT2D eigenvalue weighted by molar-refractivity contribution is 9.10. The van der Waals surface area contributed by atoms with Crippen molar-refractivity contribution in [2.45, 2.75) is 39.9 Å². The fraction of sp³-hybridized carbons (Fsp3) is 0.375. The molecule has 0 aromatic heterocycles. The van der Waals surface area contributed by atoms with Gasteiger partial charge in [0.25, 0.3) is 6.29 Å². The third-order valence-corrected chi connectivity index (χ3v) is 3.14. The van der Waals surface area contributed by atoms with E-state index in [1.54, 1.807) is 0 Å². The zero-order valence-corrected chi connectivity index (χ0v) is 14.0. The monoisotopic (exact) mass is 354 g/mol. The second-order valence-electron chi connectivity index (χ2n) is 4.57. The number of esters is 2. The second-order valence-corrected chi connectivity index (χ2v) is 5.49. The summed E-state index contributed by atoms with van der Waals surface area (Å²) in [5, 5.41) is 0. The minimum Gasteiger partial charge on any atom is -0.421 e. The lowest BCUT2D eigenvalue weighted by Crippen LogP contribution is -2.24. The van der Waals surface area contributed by atoms with Crippen molar-refractivity contribution < 1.29 is 19.1 Å². The Morgan fingerprint density at radius 1 is 1.14 bits per heavy atom.